The van der Waals surface area contributed by atoms with Crippen molar-refractivity contribution >= 4 is 23.7 Å². The highest BCUT2D eigenvalue weighted by molar-refractivity contribution is 7.99. The van der Waals surface area contributed by atoms with Gasteiger partial charge in [0, 0.05) is 0 Å². The average molecular weight is 289 g/mol. The molecule has 1 aromatic carbocycles. The van der Waals surface area contributed by atoms with Crippen molar-refractivity contribution in [1.29, 1.82) is 5.26 Å². The first-order valence-corrected chi connectivity index (χ1v) is 6.61. The standard InChI is InChI=1S/C12H11N5O2S/c13-5-8-1-3-9(4-2-8)6-17-11(14)15-16-12(17)20-7-10(18)19/h1-4H,6-7H2,(H2,14,15)(H,18,19). The van der Waals surface area contributed by atoms with Gasteiger partial charge in [0.1, 0.15) is 0 Å². The predicted octanol–water partition coefficient (Wildman–Crippen LogP) is 0.957. The minimum Gasteiger partial charge on any atom is -0.481 e. The second-order valence-corrected chi connectivity index (χ2v) is 4.86. The zero-order chi connectivity index (χ0) is 14.5. The molecule has 0 radical (unpaired) electrons. The average Bonchev–Trinajstić information content (AvgIpc) is 2.78. The number of rotatable bonds is 5. The van der Waals surface area contributed by atoms with Crippen LogP contribution in [0.25, 0.3) is 0 Å². The molecule has 1 aromatic heterocycles. The number of nitrogen functional groups attached to an aromatic ring is 1. The summed E-state index contributed by atoms with van der Waals surface area (Å²) in [5.74, 6) is -0.811. The van der Waals surface area contributed by atoms with Crippen LogP contribution in [0.4, 0.5) is 5.95 Å². The monoisotopic (exact) mass is 289 g/mol. The Morgan fingerprint density at radius 1 is 1.40 bits per heavy atom. The number of carbonyl (C=O) groups is 1. The van der Waals surface area contributed by atoms with Gasteiger partial charge in [-0.05, 0) is 17.7 Å². The molecular weight excluding hydrogens is 278 g/mol. The summed E-state index contributed by atoms with van der Waals surface area (Å²) in [6, 6.07) is 9.08. The Hall–Kier alpha value is -2.53. The van der Waals surface area contributed by atoms with E-state index in [0.29, 0.717) is 17.3 Å². The van der Waals surface area contributed by atoms with Gasteiger partial charge in [0.15, 0.2) is 5.16 Å². The quantitative estimate of drug-likeness (QED) is 0.787. The number of nitrogens with zero attached hydrogens (tertiary/aromatic N) is 4. The minimum atomic E-state index is -0.929. The van der Waals surface area contributed by atoms with Crippen molar-refractivity contribution in [2.24, 2.45) is 0 Å². The predicted molar refractivity (Wildman–Crippen MR) is 73.1 cm³/mol. The Morgan fingerprint density at radius 3 is 2.70 bits per heavy atom. The molecule has 2 aromatic rings. The number of anilines is 1. The first-order chi connectivity index (χ1) is 9.60. The number of nitriles is 1. The minimum absolute atomic E-state index is 0.106. The van der Waals surface area contributed by atoms with Gasteiger partial charge in [0.05, 0.1) is 23.9 Å². The second-order valence-electron chi connectivity index (χ2n) is 3.92. The van der Waals surface area contributed by atoms with E-state index in [2.05, 4.69) is 10.2 Å². The van der Waals surface area contributed by atoms with Crippen LogP contribution in [0.15, 0.2) is 29.4 Å². The molecule has 0 spiro atoms. The third kappa shape index (κ3) is 3.27. The third-order valence-corrected chi connectivity index (χ3v) is 3.45. The van der Waals surface area contributed by atoms with Crippen molar-refractivity contribution in [3.63, 3.8) is 0 Å². The summed E-state index contributed by atoms with van der Waals surface area (Å²) >= 11 is 1.06. The first kappa shape index (κ1) is 13.9. The molecule has 102 valence electrons. The van der Waals surface area contributed by atoms with Gasteiger partial charge >= 0.3 is 5.97 Å². The lowest BCUT2D eigenvalue weighted by Gasteiger charge is -2.07. The number of carboxylic acid groups (broad SMARTS) is 1. The van der Waals surface area contributed by atoms with E-state index in [1.807, 2.05) is 18.2 Å². The molecule has 8 heteroatoms. The zero-order valence-electron chi connectivity index (χ0n) is 10.4. The number of carboxylic acids is 1. The molecule has 0 amide bonds. The molecular formula is C12H11N5O2S. The van der Waals surface area contributed by atoms with E-state index >= 15 is 0 Å². The molecule has 0 aliphatic heterocycles. The summed E-state index contributed by atoms with van der Waals surface area (Å²) in [7, 11) is 0. The van der Waals surface area contributed by atoms with Crippen molar-refractivity contribution in [3.05, 3.63) is 35.4 Å². The van der Waals surface area contributed by atoms with Gasteiger partial charge < -0.3 is 10.8 Å². The van der Waals surface area contributed by atoms with Gasteiger partial charge in [0.25, 0.3) is 0 Å². The Morgan fingerprint density at radius 2 is 2.10 bits per heavy atom. The van der Waals surface area contributed by atoms with Gasteiger partial charge in [-0.2, -0.15) is 5.26 Å². The lowest BCUT2D eigenvalue weighted by Crippen LogP contribution is -2.07. The lowest BCUT2D eigenvalue weighted by atomic mass is 10.1. The summed E-state index contributed by atoms with van der Waals surface area (Å²) in [6.45, 7) is 0.423. The number of aliphatic carboxylic acids is 1. The topological polar surface area (TPSA) is 118 Å². The fourth-order valence-electron chi connectivity index (χ4n) is 1.55. The highest BCUT2D eigenvalue weighted by Crippen LogP contribution is 2.19. The van der Waals surface area contributed by atoms with Crippen LogP contribution in [-0.4, -0.2) is 31.6 Å². The van der Waals surface area contributed by atoms with E-state index in [9.17, 15) is 4.79 Å². The highest BCUT2D eigenvalue weighted by atomic mass is 32.2. The maximum Gasteiger partial charge on any atom is 0.313 e. The van der Waals surface area contributed by atoms with Crippen LogP contribution >= 0.6 is 11.8 Å². The molecule has 1 heterocycles. The number of thioether (sulfide) groups is 1. The lowest BCUT2D eigenvalue weighted by molar-refractivity contribution is -0.133. The molecule has 0 aliphatic carbocycles. The Bertz CT molecular complexity index is 659. The van der Waals surface area contributed by atoms with E-state index in [-0.39, 0.29) is 11.7 Å². The fourth-order valence-corrected chi connectivity index (χ4v) is 2.21. The van der Waals surface area contributed by atoms with Gasteiger partial charge in [0.2, 0.25) is 5.95 Å². The molecule has 20 heavy (non-hydrogen) atoms. The Kier molecular flexibility index (Phi) is 4.22. The summed E-state index contributed by atoms with van der Waals surface area (Å²) in [5.41, 5.74) is 7.23. The van der Waals surface area contributed by atoms with Crippen LogP contribution in [0.5, 0.6) is 0 Å². The van der Waals surface area contributed by atoms with Crippen LogP contribution < -0.4 is 5.73 Å². The fraction of sp³-hybridized carbons (Fsp3) is 0.167. The number of hydrogen-bond acceptors (Lipinski definition) is 6. The third-order valence-electron chi connectivity index (χ3n) is 2.49. The highest BCUT2D eigenvalue weighted by Gasteiger charge is 2.12. The molecule has 0 bridgehead atoms. The summed E-state index contributed by atoms with van der Waals surface area (Å²) in [6.07, 6.45) is 0. The molecule has 7 nitrogen and oxygen atoms in total. The van der Waals surface area contributed by atoms with Gasteiger partial charge in [-0.3, -0.25) is 9.36 Å². The van der Waals surface area contributed by atoms with E-state index in [1.165, 1.54) is 0 Å². The van der Waals surface area contributed by atoms with Crippen molar-refractivity contribution in [2.75, 3.05) is 11.5 Å². The maximum absolute atomic E-state index is 10.6. The number of nitrogens with two attached hydrogens (primary N) is 1. The zero-order valence-corrected chi connectivity index (χ0v) is 11.2. The second kappa shape index (κ2) is 6.08. The molecule has 0 saturated carbocycles. The molecule has 3 N–H and O–H groups in total. The summed E-state index contributed by atoms with van der Waals surface area (Å²) in [5, 5.41) is 25.5. The van der Waals surface area contributed by atoms with Gasteiger partial charge in [-0.15, -0.1) is 10.2 Å². The van der Waals surface area contributed by atoms with E-state index in [4.69, 9.17) is 16.1 Å². The number of benzene rings is 1. The van der Waals surface area contributed by atoms with Crippen LogP contribution in [-0.2, 0) is 11.3 Å². The van der Waals surface area contributed by atoms with Crippen molar-refractivity contribution < 1.29 is 9.90 Å². The van der Waals surface area contributed by atoms with Crippen molar-refractivity contribution in [3.8, 4) is 6.07 Å². The molecule has 0 unspecified atom stereocenters. The summed E-state index contributed by atoms with van der Waals surface area (Å²) in [4.78, 5) is 10.6. The maximum atomic E-state index is 10.6. The van der Waals surface area contributed by atoms with Crippen LogP contribution in [0.3, 0.4) is 0 Å². The van der Waals surface area contributed by atoms with Crippen LogP contribution in [0, 0.1) is 11.3 Å². The number of hydrogen-bond donors (Lipinski definition) is 2. The van der Waals surface area contributed by atoms with Gasteiger partial charge in [-0.1, -0.05) is 23.9 Å². The van der Waals surface area contributed by atoms with Crippen molar-refractivity contribution in [1.82, 2.24) is 14.8 Å². The van der Waals surface area contributed by atoms with Crippen LogP contribution in [0.1, 0.15) is 11.1 Å². The first-order valence-electron chi connectivity index (χ1n) is 5.62. The Labute approximate surface area is 119 Å². The summed E-state index contributed by atoms with van der Waals surface area (Å²) < 4.78 is 1.63. The molecule has 0 aliphatic rings. The van der Waals surface area contributed by atoms with E-state index < -0.39 is 5.97 Å². The van der Waals surface area contributed by atoms with E-state index in [1.54, 1.807) is 16.7 Å². The van der Waals surface area contributed by atoms with Crippen molar-refractivity contribution in [2.45, 2.75) is 11.7 Å². The molecule has 0 fully saturated rings. The SMILES string of the molecule is N#Cc1ccc(Cn2c(N)nnc2SCC(=O)O)cc1. The molecule has 2 rings (SSSR count). The normalized spacial score (nSPS) is 10.2. The van der Waals surface area contributed by atoms with Gasteiger partial charge in [-0.25, -0.2) is 0 Å². The largest absolute Gasteiger partial charge is 0.481 e. The molecule has 0 atom stereocenters. The number of aromatic nitrogens is 3. The Balaban J connectivity index is 2.17. The van der Waals surface area contributed by atoms with E-state index in [0.717, 1.165) is 17.3 Å². The molecule has 0 saturated heterocycles. The smallest absolute Gasteiger partial charge is 0.313 e. The van der Waals surface area contributed by atoms with Crippen LogP contribution in [0.2, 0.25) is 0 Å².